The fourth-order valence-corrected chi connectivity index (χ4v) is 3.86. The molecule has 0 spiro atoms. The Bertz CT molecular complexity index is 830. The van der Waals surface area contributed by atoms with Gasteiger partial charge in [-0.1, -0.05) is 17.7 Å². The molecular formula is C16H13ClN2OS. The first-order chi connectivity index (χ1) is 10.2. The van der Waals surface area contributed by atoms with E-state index in [0.717, 1.165) is 28.7 Å². The van der Waals surface area contributed by atoms with Crippen molar-refractivity contribution in [2.75, 3.05) is 5.32 Å². The number of aromatic hydroxyl groups is 1. The van der Waals surface area contributed by atoms with Crippen molar-refractivity contribution in [3.05, 3.63) is 52.0 Å². The summed E-state index contributed by atoms with van der Waals surface area (Å²) in [7, 11) is 0. The molecule has 1 aromatic heterocycles. The van der Waals surface area contributed by atoms with E-state index in [1.165, 1.54) is 11.1 Å². The topological polar surface area (TPSA) is 45.1 Å². The number of hydrogen-bond donors (Lipinski definition) is 2. The third kappa shape index (κ3) is 2.15. The first-order valence-corrected chi connectivity index (χ1v) is 8.08. The zero-order chi connectivity index (χ0) is 14.4. The van der Waals surface area contributed by atoms with Crippen molar-refractivity contribution < 1.29 is 5.11 Å². The predicted molar refractivity (Wildman–Crippen MR) is 87.4 cm³/mol. The van der Waals surface area contributed by atoms with Crippen LogP contribution in [0.2, 0.25) is 5.02 Å². The Morgan fingerprint density at radius 2 is 2.19 bits per heavy atom. The molecule has 2 N–H and O–H groups in total. The fraction of sp³-hybridized carbons (Fsp3) is 0.188. The molecule has 2 aromatic carbocycles. The lowest BCUT2D eigenvalue weighted by molar-refractivity contribution is 0.474. The second kappa shape index (κ2) is 4.90. The highest BCUT2D eigenvalue weighted by molar-refractivity contribution is 7.16. The zero-order valence-electron chi connectivity index (χ0n) is 11.1. The van der Waals surface area contributed by atoms with Crippen molar-refractivity contribution in [2.45, 2.75) is 18.9 Å². The van der Waals surface area contributed by atoms with Gasteiger partial charge < -0.3 is 10.4 Å². The minimum absolute atomic E-state index is 0.213. The van der Waals surface area contributed by atoms with E-state index in [1.54, 1.807) is 17.4 Å². The summed E-state index contributed by atoms with van der Waals surface area (Å²) in [6.07, 6.45) is 1.96. The number of rotatable bonds is 2. The zero-order valence-corrected chi connectivity index (χ0v) is 12.7. The molecule has 0 saturated heterocycles. The normalized spacial score (nSPS) is 17.1. The second-order valence-corrected chi connectivity index (χ2v) is 6.53. The number of nitrogens with zero attached hydrogens (tertiary/aromatic N) is 1. The standard InChI is InChI=1S/C16H13ClN2OS/c17-12-4-6-14-16(18-8-21-14)15(12)19-13-5-1-9-7-10(20)2-3-11(9)13/h2-4,6-8,13,19-20H,1,5H2. The minimum atomic E-state index is 0.213. The third-order valence-electron chi connectivity index (χ3n) is 3.97. The lowest BCUT2D eigenvalue weighted by Crippen LogP contribution is -2.07. The maximum atomic E-state index is 9.58. The summed E-state index contributed by atoms with van der Waals surface area (Å²) in [4.78, 5) is 4.42. The van der Waals surface area contributed by atoms with E-state index < -0.39 is 0 Å². The molecular weight excluding hydrogens is 304 g/mol. The molecule has 3 nitrogen and oxygen atoms in total. The van der Waals surface area contributed by atoms with E-state index in [4.69, 9.17) is 11.6 Å². The number of hydrogen-bond acceptors (Lipinski definition) is 4. The maximum absolute atomic E-state index is 9.58. The van der Waals surface area contributed by atoms with Crippen LogP contribution in [0.1, 0.15) is 23.6 Å². The smallest absolute Gasteiger partial charge is 0.115 e. The lowest BCUT2D eigenvalue weighted by Gasteiger charge is -2.17. The Morgan fingerprint density at radius 1 is 1.29 bits per heavy atom. The highest BCUT2D eigenvalue weighted by atomic mass is 35.5. The van der Waals surface area contributed by atoms with Gasteiger partial charge in [-0.25, -0.2) is 4.98 Å². The van der Waals surface area contributed by atoms with Crippen molar-refractivity contribution in [3.63, 3.8) is 0 Å². The van der Waals surface area contributed by atoms with Gasteiger partial charge in [-0.05, 0) is 48.2 Å². The number of aromatic nitrogens is 1. The third-order valence-corrected chi connectivity index (χ3v) is 5.08. The van der Waals surface area contributed by atoms with Crippen molar-refractivity contribution >= 4 is 38.8 Å². The van der Waals surface area contributed by atoms with Crippen LogP contribution in [0.5, 0.6) is 5.75 Å². The van der Waals surface area contributed by atoms with E-state index in [1.807, 2.05) is 29.8 Å². The highest BCUT2D eigenvalue weighted by Gasteiger charge is 2.24. The molecule has 5 heteroatoms. The van der Waals surface area contributed by atoms with Gasteiger partial charge in [0, 0.05) is 0 Å². The van der Waals surface area contributed by atoms with E-state index in [-0.39, 0.29) is 6.04 Å². The molecule has 106 valence electrons. The molecule has 0 bridgehead atoms. The quantitative estimate of drug-likeness (QED) is 0.717. The summed E-state index contributed by atoms with van der Waals surface area (Å²) < 4.78 is 1.13. The first-order valence-electron chi connectivity index (χ1n) is 6.82. The summed E-state index contributed by atoms with van der Waals surface area (Å²) in [6, 6.07) is 9.71. The summed E-state index contributed by atoms with van der Waals surface area (Å²) in [5.41, 5.74) is 6.11. The van der Waals surface area contributed by atoms with Gasteiger partial charge in [0.15, 0.2) is 0 Å². The summed E-state index contributed by atoms with van der Waals surface area (Å²) in [5.74, 6) is 0.328. The van der Waals surface area contributed by atoms with Crippen LogP contribution < -0.4 is 5.32 Å². The average Bonchev–Trinajstić information content (AvgIpc) is 3.08. The number of phenols is 1. The van der Waals surface area contributed by atoms with Gasteiger partial charge in [-0.15, -0.1) is 11.3 Å². The van der Waals surface area contributed by atoms with Gasteiger partial charge in [-0.2, -0.15) is 0 Å². The van der Waals surface area contributed by atoms with E-state index in [0.29, 0.717) is 10.8 Å². The van der Waals surface area contributed by atoms with Crippen LogP contribution in [0.15, 0.2) is 35.8 Å². The number of aryl methyl sites for hydroxylation is 1. The van der Waals surface area contributed by atoms with Crippen molar-refractivity contribution in [2.24, 2.45) is 0 Å². The Labute approximate surface area is 131 Å². The summed E-state index contributed by atoms with van der Waals surface area (Å²) in [6.45, 7) is 0. The van der Waals surface area contributed by atoms with Crippen LogP contribution in [0.4, 0.5) is 5.69 Å². The van der Waals surface area contributed by atoms with Crippen LogP contribution in [0, 0.1) is 0 Å². The molecule has 4 rings (SSSR count). The molecule has 1 aliphatic carbocycles. The van der Waals surface area contributed by atoms with Crippen molar-refractivity contribution in [1.29, 1.82) is 0 Å². The molecule has 1 unspecified atom stereocenters. The van der Waals surface area contributed by atoms with Crippen LogP contribution in [-0.2, 0) is 6.42 Å². The van der Waals surface area contributed by atoms with Crippen molar-refractivity contribution in [1.82, 2.24) is 4.98 Å². The molecule has 0 radical (unpaired) electrons. The maximum Gasteiger partial charge on any atom is 0.115 e. The van der Waals surface area contributed by atoms with Crippen LogP contribution in [0.3, 0.4) is 0 Å². The lowest BCUT2D eigenvalue weighted by atomic mass is 10.1. The molecule has 0 amide bonds. The Morgan fingerprint density at radius 3 is 3.10 bits per heavy atom. The summed E-state index contributed by atoms with van der Waals surface area (Å²) >= 11 is 7.97. The minimum Gasteiger partial charge on any atom is -0.508 e. The fourth-order valence-electron chi connectivity index (χ4n) is 2.97. The molecule has 0 saturated carbocycles. The number of phenolic OH excluding ortho intramolecular Hbond substituents is 1. The Hall–Kier alpha value is -1.78. The molecule has 1 atom stereocenters. The monoisotopic (exact) mass is 316 g/mol. The summed E-state index contributed by atoms with van der Waals surface area (Å²) in [5, 5.41) is 13.8. The van der Waals surface area contributed by atoms with Crippen LogP contribution >= 0.6 is 22.9 Å². The predicted octanol–water partition coefficient (Wildman–Crippen LogP) is 4.75. The first kappa shape index (κ1) is 12.9. The number of benzene rings is 2. The Kier molecular flexibility index (Phi) is 3.01. The number of nitrogens with one attached hydrogen (secondary N) is 1. The second-order valence-electron chi connectivity index (χ2n) is 5.24. The number of thiazole rings is 1. The van der Waals surface area contributed by atoms with Gasteiger partial charge in [0.2, 0.25) is 0 Å². The molecule has 0 fully saturated rings. The van der Waals surface area contributed by atoms with E-state index in [2.05, 4.69) is 10.3 Å². The molecule has 3 aromatic rings. The van der Waals surface area contributed by atoms with Gasteiger partial charge in [-0.3, -0.25) is 0 Å². The van der Waals surface area contributed by atoms with Crippen LogP contribution in [0.25, 0.3) is 10.2 Å². The molecule has 21 heavy (non-hydrogen) atoms. The van der Waals surface area contributed by atoms with Gasteiger partial charge >= 0.3 is 0 Å². The molecule has 0 aliphatic heterocycles. The van der Waals surface area contributed by atoms with Crippen molar-refractivity contribution in [3.8, 4) is 5.75 Å². The number of anilines is 1. The Balaban J connectivity index is 1.74. The molecule has 1 heterocycles. The van der Waals surface area contributed by atoms with Gasteiger partial charge in [0.25, 0.3) is 0 Å². The SMILES string of the molecule is Oc1ccc2c(c1)CCC2Nc1c(Cl)ccc2scnc12. The average molecular weight is 317 g/mol. The number of fused-ring (bicyclic) bond motifs is 2. The van der Waals surface area contributed by atoms with E-state index in [9.17, 15) is 5.11 Å². The van der Waals surface area contributed by atoms with E-state index >= 15 is 0 Å². The molecule has 1 aliphatic rings. The van der Waals surface area contributed by atoms with Crippen LogP contribution in [-0.4, -0.2) is 10.1 Å². The largest absolute Gasteiger partial charge is 0.508 e. The van der Waals surface area contributed by atoms with Gasteiger partial charge in [0.1, 0.15) is 11.3 Å². The number of halogens is 1. The van der Waals surface area contributed by atoms with Gasteiger partial charge in [0.05, 0.1) is 27.0 Å². The highest BCUT2D eigenvalue weighted by Crippen LogP contribution is 2.39.